The zero-order chi connectivity index (χ0) is 24.3. The number of fused-ring (bicyclic) bond motifs is 3. The molecule has 2 aliphatic rings. The van der Waals surface area contributed by atoms with Gasteiger partial charge in [-0.05, 0) is 22.3 Å². The molecule has 0 aromatic heterocycles. The van der Waals surface area contributed by atoms with Gasteiger partial charge in [-0.1, -0.05) is 55.5 Å². The quantitative estimate of drug-likeness (QED) is 0.649. The molecule has 0 bridgehead atoms. The fraction of sp³-hybridized carbons (Fsp3) is 0.423. The Kier molecular flexibility index (Phi) is 6.88. The van der Waals surface area contributed by atoms with Gasteiger partial charge in [0, 0.05) is 45.6 Å². The number of hydrogen-bond donors (Lipinski definition) is 2. The maximum Gasteiger partial charge on any atom is 0.408 e. The molecule has 2 N–H and O–H groups in total. The average Bonchev–Trinajstić information content (AvgIpc) is 3.16. The number of amides is 2. The maximum absolute atomic E-state index is 13.3. The zero-order valence-electron chi connectivity index (χ0n) is 19.5. The summed E-state index contributed by atoms with van der Waals surface area (Å²) in [5.41, 5.74) is 3.30. The number of carboxylic acids is 1. The molecule has 1 aliphatic heterocycles. The number of likely N-dealkylation sites (N-methyl/N-ethyl adjacent to an activating group) is 1. The predicted molar refractivity (Wildman–Crippen MR) is 125 cm³/mol. The molecule has 8 heteroatoms. The van der Waals surface area contributed by atoms with Crippen LogP contribution in [0.5, 0.6) is 0 Å². The van der Waals surface area contributed by atoms with E-state index in [-0.39, 0.29) is 25.0 Å². The van der Waals surface area contributed by atoms with Crippen molar-refractivity contribution in [3.05, 3.63) is 59.7 Å². The molecule has 1 heterocycles. The van der Waals surface area contributed by atoms with Gasteiger partial charge in [0.2, 0.25) is 5.91 Å². The number of aliphatic carboxylic acids is 1. The van der Waals surface area contributed by atoms with Gasteiger partial charge in [-0.2, -0.15) is 0 Å². The normalized spacial score (nSPS) is 17.2. The average molecular weight is 467 g/mol. The summed E-state index contributed by atoms with van der Waals surface area (Å²) >= 11 is 0. The van der Waals surface area contributed by atoms with Gasteiger partial charge < -0.3 is 24.8 Å². The summed E-state index contributed by atoms with van der Waals surface area (Å²) in [7, 11) is 1.55. The minimum atomic E-state index is -1.19. The molecular weight excluding hydrogens is 436 g/mol. The summed E-state index contributed by atoms with van der Waals surface area (Å²) < 4.78 is 11.1. The number of alkyl carbamates (subject to hydrolysis) is 1. The van der Waals surface area contributed by atoms with Crippen LogP contribution in [0.3, 0.4) is 0 Å². The third-order valence-corrected chi connectivity index (χ3v) is 6.76. The number of hydrogen-bond acceptors (Lipinski definition) is 5. The summed E-state index contributed by atoms with van der Waals surface area (Å²) in [5.74, 6) is -2.12. The first-order valence-electron chi connectivity index (χ1n) is 11.5. The van der Waals surface area contributed by atoms with Gasteiger partial charge in [-0.25, -0.2) is 4.79 Å². The van der Waals surface area contributed by atoms with Crippen LogP contribution in [0.25, 0.3) is 11.1 Å². The van der Waals surface area contributed by atoms with Gasteiger partial charge in [-0.3, -0.25) is 9.59 Å². The van der Waals surface area contributed by atoms with Crippen molar-refractivity contribution in [1.29, 1.82) is 0 Å². The van der Waals surface area contributed by atoms with Crippen LogP contribution in [0.2, 0.25) is 0 Å². The zero-order valence-corrected chi connectivity index (χ0v) is 19.5. The third kappa shape index (κ3) is 4.63. The van der Waals surface area contributed by atoms with Crippen molar-refractivity contribution in [3.63, 3.8) is 0 Å². The molecule has 2 amide bonds. The van der Waals surface area contributed by atoms with Crippen molar-refractivity contribution in [1.82, 2.24) is 10.2 Å². The van der Waals surface area contributed by atoms with Gasteiger partial charge in [0.05, 0.1) is 5.92 Å². The van der Waals surface area contributed by atoms with Crippen molar-refractivity contribution in [3.8, 4) is 11.1 Å². The van der Waals surface area contributed by atoms with Crippen LogP contribution in [0, 0.1) is 5.92 Å². The number of carbonyl (C=O) groups excluding carboxylic acids is 2. The minimum absolute atomic E-state index is 0.0448. The Labute approximate surface area is 198 Å². The lowest BCUT2D eigenvalue weighted by atomic mass is 9.88. The maximum atomic E-state index is 13.3. The summed E-state index contributed by atoms with van der Waals surface area (Å²) in [6, 6.07) is 16.2. The number of carboxylic acid groups (broad SMARTS) is 1. The molecule has 34 heavy (non-hydrogen) atoms. The molecule has 1 unspecified atom stereocenters. The Hall–Kier alpha value is -3.39. The second-order valence-electron chi connectivity index (χ2n) is 9.07. The first-order chi connectivity index (χ1) is 16.3. The standard InChI is InChI=1S/C26H30N2O6/c1-17(23(29)30)15-28(2)24(31)26(11-13-33-14-12-26)27-25(32)34-16-22-20-9-5-3-7-18(20)19-8-4-6-10-21(19)22/h3-10,17,22H,11-16H2,1-2H3,(H,27,32)(H,29,30). The highest BCUT2D eigenvalue weighted by Gasteiger charge is 2.44. The number of carbonyl (C=O) groups is 3. The van der Waals surface area contributed by atoms with Crippen molar-refractivity contribution in [2.24, 2.45) is 5.92 Å². The molecule has 1 aliphatic carbocycles. The van der Waals surface area contributed by atoms with E-state index < -0.39 is 23.5 Å². The van der Waals surface area contributed by atoms with Gasteiger partial charge in [0.15, 0.2) is 0 Å². The van der Waals surface area contributed by atoms with Crippen LogP contribution >= 0.6 is 0 Å². The van der Waals surface area contributed by atoms with E-state index in [0.717, 1.165) is 22.3 Å². The second kappa shape index (κ2) is 9.85. The van der Waals surface area contributed by atoms with E-state index in [9.17, 15) is 19.5 Å². The highest BCUT2D eigenvalue weighted by Crippen LogP contribution is 2.44. The molecule has 1 saturated heterocycles. The largest absolute Gasteiger partial charge is 0.481 e. The third-order valence-electron chi connectivity index (χ3n) is 6.76. The van der Waals surface area contributed by atoms with E-state index in [1.54, 1.807) is 14.0 Å². The Balaban J connectivity index is 1.46. The number of benzene rings is 2. The molecule has 0 spiro atoms. The number of nitrogens with zero attached hydrogens (tertiary/aromatic N) is 1. The van der Waals surface area contributed by atoms with E-state index in [2.05, 4.69) is 17.4 Å². The summed E-state index contributed by atoms with van der Waals surface area (Å²) in [6.07, 6.45) is -0.0827. The van der Waals surface area contributed by atoms with Gasteiger partial charge in [-0.15, -0.1) is 0 Å². The van der Waals surface area contributed by atoms with Gasteiger partial charge in [0.1, 0.15) is 12.1 Å². The fourth-order valence-electron chi connectivity index (χ4n) is 4.88. The smallest absolute Gasteiger partial charge is 0.408 e. The van der Waals surface area contributed by atoms with Crippen LogP contribution in [-0.4, -0.2) is 66.9 Å². The molecule has 1 fully saturated rings. The van der Waals surface area contributed by atoms with E-state index in [1.165, 1.54) is 4.90 Å². The summed E-state index contributed by atoms with van der Waals surface area (Å²) in [5, 5.41) is 12.0. The highest BCUT2D eigenvalue weighted by molar-refractivity contribution is 5.90. The van der Waals surface area contributed by atoms with E-state index in [1.807, 2.05) is 36.4 Å². The van der Waals surface area contributed by atoms with Crippen LogP contribution in [0.4, 0.5) is 4.79 Å². The Bertz CT molecular complexity index is 1030. The van der Waals surface area contributed by atoms with E-state index in [4.69, 9.17) is 9.47 Å². The molecular formula is C26H30N2O6. The fourth-order valence-corrected chi connectivity index (χ4v) is 4.88. The molecule has 8 nitrogen and oxygen atoms in total. The van der Waals surface area contributed by atoms with Crippen LogP contribution in [0.15, 0.2) is 48.5 Å². The van der Waals surface area contributed by atoms with Crippen molar-refractivity contribution in [2.75, 3.05) is 33.4 Å². The molecule has 0 saturated carbocycles. The molecule has 180 valence electrons. The lowest BCUT2D eigenvalue weighted by Gasteiger charge is -2.39. The monoisotopic (exact) mass is 466 g/mol. The number of rotatable bonds is 7. The lowest BCUT2D eigenvalue weighted by Crippen LogP contribution is -2.62. The Morgan fingerprint density at radius 2 is 1.65 bits per heavy atom. The van der Waals surface area contributed by atoms with Crippen molar-refractivity contribution >= 4 is 18.0 Å². The van der Waals surface area contributed by atoms with E-state index >= 15 is 0 Å². The topological polar surface area (TPSA) is 105 Å². The molecule has 1 atom stereocenters. The summed E-state index contributed by atoms with van der Waals surface area (Å²) in [4.78, 5) is 38.8. The SMILES string of the molecule is CC(CN(C)C(=O)C1(NC(=O)OCC2c3ccccc3-c3ccccc32)CCOCC1)C(=O)O. The van der Waals surface area contributed by atoms with Crippen molar-refractivity contribution in [2.45, 2.75) is 31.2 Å². The highest BCUT2D eigenvalue weighted by atomic mass is 16.5. The molecule has 2 aromatic rings. The number of nitrogens with one attached hydrogen (secondary N) is 1. The van der Waals surface area contributed by atoms with Crippen LogP contribution in [-0.2, 0) is 19.1 Å². The van der Waals surface area contributed by atoms with Gasteiger partial charge in [0.25, 0.3) is 0 Å². The Morgan fingerprint density at radius 3 is 2.21 bits per heavy atom. The minimum Gasteiger partial charge on any atom is -0.481 e. The second-order valence-corrected chi connectivity index (χ2v) is 9.07. The first-order valence-corrected chi connectivity index (χ1v) is 11.5. The van der Waals surface area contributed by atoms with Crippen molar-refractivity contribution < 1.29 is 29.0 Å². The van der Waals surface area contributed by atoms with Crippen LogP contribution < -0.4 is 5.32 Å². The number of ether oxygens (including phenoxy) is 2. The van der Waals surface area contributed by atoms with E-state index in [0.29, 0.717) is 26.1 Å². The predicted octanol–water partition coefficient (Wildman–Crippen LogP) is 3.25. The van der Waals surface area contributed by atoms with Gasteiger partial charge >= 0.3 is 12.1 Å². The molecule has 0 radical (unpaired) electrons. The molecule has 4 rings (SSSR count). The lowest BCUT2D eigenvalue weighted by molar-refractivity contribution is -0.145. The first kappa shape index (κ1) is 23.8. The summed E-state index contributed by atoms with van der Waals surface area (Å²) in [6.45, 7) is 2.37. The molecule has 2 aromatic carbocycles. The Morgan fingerprint density at radius 1 is 1.09 bits per heavy atom. The van der Waals surface area contributed by atoms with Crippen LogP contribution in [0.1, 0.15) is 36.8 Å².